The lowest BCUT2D eigenvalue weighted by atomic mass is 10.0. The standard InChI is InChI=1S/C14H8BrClFNOS/c15-9-2-1-8(13(17)12(9)16)14(19)7-5-11-10(18-6-7)3-4-20-11/h1-6,14,19H. The SMILES string of the molecule is OC(c1cnc2ccsc2c1)c1ccc(Br)c(Cl)c1F. The summed E-state index contributed by atoms with van der Waals surface area (Å²) >= 11 is 10.5. The van der Waals surface area contributed by atoms with Gasteiger partial charge in [-0.25, -0.2) is 4.39 Å². The number of halogens is 3. The summed E-state index contributed by atoms with van der Waals surface area (Å²) in [5.41, 5.74) is 1.54. The van der Waals surface area contributed by atoms with Crippen LogP contribution in [0.15, 0.2) is 40.3 Å². The van der Waals surface area contributed by atoms with Crippen molar-refractivity contribution in [1.29, 1.82) is 0 Å². The molecule has 1 unspecified atom stereocenters. The van der Waals surface area contributed by atoms with Gasteiger partial charge in [-0.05, 0) is 39.5 Å². The fourth-order valence-corrected chi connectivity index (χ4v) is 3.21. The molecule has 2 aromatic heterocycles. The molecule has 0 aliphatic rings. The molecule has 0 radical (unpaired) electrons. The molecule has 0 saturated carbocycles. The number of thiophene rings is 1. The number of hydrogen-bond donors (Lipinski definition) is 1. The largest absolute Gasteiger partial charge is 0.383 e. The zero-order chi connectivity index (χ0) is 14.3. The molecule has 0 saturated heterocycles. The van der Waals surface area contributed by atoms with E-state index in [1.165, 1.54) is 17.4 Å². The van der Waals surface area contributed by atoms with Crippen molar-refractivity contribution in [3.8, 4) is 0 Å². The highest BCUT2D eigenvalue weighted by Crippen LogP contribution is 2.33. The van der Waals surface area contributed by atoms with E-state index in [0.717, 1.165) is 10.2 Å². The van der Waals surface area contributed by atoms with E-state index >= 15 is 0 Å². The lowest BCUT2D eigenvalue weighted by Gasteiger charge is -2.13. The van der Waals surface area contributed by atoms with Crippen LogP contribution in [0.3, 0.4) is 0 Å². The molecule has 0 amide bonds. The van der Waals surface area contributed by atoms with E-state index in [1.54, 1.807) is 12.3 Å². The van der Waals surface area contributed by atoms with Crippen molar-refractivity contribution in [2.24, 2.45) is 0 Å². The van der Waals surface area contributed by atoms with Gasteiger partial charge in [0.1, 0.15) is 11.9 Å². The summed E-state index contributed by atoms with van der Waals surface area (Å²) in [5.74, 6) is -0.625. The zero-order valence-corrected chi connectivity index (χ0v) is 13.1. The van der Waals surface area contributed by atoms with Gasteiger partial charge in [0, 0.05) is 21.8 Å². The minimum atomic E-state index is -1.10. The van der Waals surface area contributed by atoms with Crippen LogP contribution >= 0.6 is 38.9 Å². The second-order valence-electron chi connectivity index (χ2n) is 4.24. The third-order valence-electron chi connectivity index (χ3n) is 3.00. The van der Waals surface area contributed by atoms with Crippen LogP contribution in [0, 0.1) is 5.82 Å². The van der Waals surface area contributed by atoms with Crippen LogP contribution in [0.25, 0.3) is 10.2 Å². The Labute approximate surface area is 132 Å². The first-order chi connectivity index (χ1) is 9.58. The van der Waals surface area contributed by atoms with Crippen LogP contribution in [-0.4, -0.2) is 10.1 Å². The van der Waals surface area contributed by atoms with Crippen molar-refractivity contribution < 1.29 is 9.50 Å². The van der Waals surface area contributed by atoms with Gasteiger partial charge >= 0.3 is 0 Å². The third kappa shape index (κ3) is 2.35. The molecule has 20 heavy (non-hydrogen) atoms. The molecule has 0 fully saturated rings. The molecule has 1 atom stereocenters. The first kappa shape index (κ1) is 13.9. The highest BCUT2D eigenvalue weighted by molar-refractivity contribution is 9.10. The molecule has 1 N–H and O–H groups in total. The second kappa shape index (κ2) is 5.41. The maximum Gasteiger partial charge on any atom is 0.149 e. The third-order valence-corrected chi connectivity index (χ3v) is 5.11. The molecule has 6 heteroatoms. The normalized spacial score (nSPS) is 12.8. The summed E-state index contributed by atoms with van der Waals surface area (Å²) in [7, 11) is 0. The second-order valence-corrected chi connectivity index (χ2v) is 6.42. The van der Waals surface area contributed by atoms with E-state index in [2.05, 4.69) is 20.9 Å². The van der Waals surface area contributed by atoms with E-state index < -0.39 is 11.9 Å². The summed E-state index contributed by atoms with van der Waals surface area (Å²) in [6.07, 6.45) is 0.453. The molecule has 0 aliphatic heterocycles. The molecule has 3 rings (SSSR count). The van der Waals surface area contributed by atoms with Crippen molar-refractivity contribution in [1.82, 2.24) is 4.98 Å². The Morgan fingerprint density at radius 1 is 1.35 bits per heavy atom. The van der Waals surface area contributed by atoms with Gasteiger partial charge in [-0.2, -0.15) is 0 Å². The van der Waals surface area contributed by atoms with E-state index in [1.807, 2.05) is 17.5 Å². The van der Waals surface area contributed by atoms with Crippen LogP contribution < -0.4 is 0 Å². The van der Waals surface area contributed by atoms with Crippen molar-refractivity contribution in [2.45, 2.75) is 6.10 Å². The predicted molar refractivity (Wildman–Crippen MR) is 82.8 cm³/mol. The summed E-state index contributed by atoms with van der Waals surface area (Å²) in [4.78, 5) is 4.24. The first-order valence-electron chi connectivity index (χ1n) is 5.72. The van der Waals surface area contributed by atoms with Gasteiger partial charge in [0.2, 0.25) is 0 Å². The average Bonchev–Trinajstić information content (AvgIpc) is 2.91. The average molecular weight is 373 g/mol. The smallest absolute Gasteiger partial charge is 0.149 e. The molecule has 3 aromatic rings. The number of aliphatic hydroxyl groups is 1. The molecule has 102 valence electrons. The van der Waals surface area contributed by atoms with Gasteiger partial charge in [0.25, 0.3) is 0 Å². The fourth-order valence-electron chi connectivity index (χ4n) is 1.94. The fraction of sp³-hybridized carbons (Fsp3) is 0.0714. The Balaban J connectivity index is 2.07. The van der Waals surface area contributed by atoms with Crippen LogP contribution in [0.5, 0.6) is 0 Å². The maximum absolute atomic E-state index is 14.1. The number of hydrogen-bond acceptors (Lipinski definition) is 3. The van der Waals surface area contributed by atoms with E-state index in [4.69, 9.17) is 11.6 Å². The minimum absolute atomic E-state index is 0.0355. The molecule has 0 spiro atoms. The Bertz CT molecular complexity index is 792. The van der Waals surface area contributed by atoms with Crippen LogP contribution in [-0.2, 0) is 0 Å². The maximum atomic E-state index is 14.1. The van der Waals surface area contributed by atoms with Gasteiger partial charge in [0.05, 0.1) is 15.2 Å². The first-order valence-corrected chi connectivity index (χ1v) is 7.77. The number of rotatable bonds is 2. The number of aromatic nitrogens is 1. The number of benzene rings is 1. The number of aliphatic hydroxyl groups excluding tert-OH is 1. The summed E-state index contributed by atoms with van der Waals surface area (Å²) in [5, 5.41) is 12.2. The monoisotopic (exact) mass is 371 g/mol. The van der Waals surface area contributed by atoms with Crippen molar-refractivity contribution >= 4 is 49.1 Å². The Kier molecular flexibility index (Phi) is 3.77. The molecule has 2 nitrogen and oxygen atoms in total. The van der Waals surface area contributed by atoms with Crippen molar-refractivity contribution in [3.63, 3.8) is 0 Å². The number of nitrogens with zero attached hydrogens (tertiary/aromatic N) is 1. The quantitative estimate of drug-likeness (QED) is 0.647. The molecular formula is C14H8BrClFNOS. The summed E-state index contributed by atoms with van der Waals surface area (Å²) in [6, 6.07) is 6.83. The van der Waals surface area contributed by atoms with Crippen LogP contribution in [0.1, 0.15) is 17.2 Å². The van der Waals surface area contributed by atoms with Crippen LogP contribution in [0.2, 0.25) is 5.02 Å². The van der Waals surface area contributed by atoms with Gasteiger partial charge in [-0.15, -0.1) is 11.3 Å². The van der Waals surface area contributed by atoms with Crippen LogP contribution in [0.4, 0.5) is 4.39 Å². The highest BCUT2D eigenvalue weighted by atomic mass is 79.9. The van der Waals surface area contributed by atoms with Gasteiger partial charge in [-0.3, -0.25) is 4.98 Å². The van der Waals surface area contributed by atoms with E-state index in [0.29, 0.717) is 10.0 Å². The lowest BCUT2D eigenvalue weighted by molar-refractivity contribution is 0.214. The molecule has 0 bridgehead atoms. The Morgan fingerprint density at radius 2 is 2.15 bits per heavy atom. The molecule has 0 aliphatic carbocycles. The topological polar surface area (TPSA) is 33.1 Å². The molecular weight excluding hydrogens is 365 g/mol. The molecule has 1 aromatic carbocycles. The van der Waals surface area contributed by atoms with Crippen molar-refractivity contribution in [2.75, 3.05) is 0 Å². The van der Waals surface area contributed by atoms with Gasteiger partial charge in [-0.1, -0.05) is 17.7 Å². The number of pyridine rings is 1. The lowest BCUT2D eigenvalue weighted by Crippen LogP contribution is -2.03. The van der Waals surface area contributed by atoms with Gasteiger partial charge < -0.3 is 5.11 Å². The minimum Gasteiger partial charge on any atom is -0.383 e. The summed E-state index contributed by atoms with van der Waals surface area (Å²) in [6.45, 7) is 0. The zero-order valence-electron chi connectivity index (χ0n) is 9.98. The number of fused-ring (bicyclic) bond motifs is 1. The molecule has 2 heterocycles. The Hall–Kier alpha value is -1.01. The predicted octanol–water partition coefficient (Wildman–Crippen LogP) is 4.93. The van der Waals surface area contributed by atoms with Gasteiger partial charge in [0.15, 0.2) is 0 Å². The van der Waals surface area contributed by atoms with E-state index in [-0.39, 0.29) is 10.6 Å². The van der Waals surface area contributed by atoms with Crippen molar-refractivity contribution in [3.05, 3.63) is 62.3 Å². The van der Waals surface area contributed by atoms with E-state index in [9.17, 15) is 9.50 Å². The Morgan fingerprint density at radius 3 is 2.95 bits per heavy atom. The highest BCUT2D eigenvalue weighted by Gasteiger charge is 2.19. The summed E-state index contributed by atoms with van der Waals surface area (Å²) < 4.78 is 15.5.